The van der Waals surface area contributed by atoms with Crippen LogP contribution < -0.4 is 5.32 Å². The summed E-state index contributed by atoms with van der Waals surface area (Å²) in [5, 5.41) is 12.3. The van der Waals surface area contributed by atoms with E-state index in [1.165, 1.54) is 0 Å². The second-order valence-electron chi connectivity index (χ2n) is 7.60. The van der Waals surface area contributed by atoms with E-state index in [-0.39, 0.29) is 11.5 Å². The van der Waals surface area contributed by atoms with E-state index in [0.717, 1.165) is 37.1 Å². The van der Waals surface area contributed by atoms with Crippen molar-refractivity contribution in [3.63, 3.8) is 0 Å². The number of likely N-dealkylation sites (tertiary alicyclic amines) is 1. The van der Waals surface area contributed by atoms with Gasteiger partial charge in [-0.25, -0.2) is 9.59 Å². The fourth-order valence-corrected chi connectivity index (χ4v) is 3.48. The number of carboxylic acids is 1. The molecule has 154 valence electrons. The first kappa shape index (κ1) is 21.0. The molecule has 0 aromatic heterocycles. The molecule has 0 spiro atoms. The van der Waals surface area contributed by atoms with Gasteiger partial charge in [0.15, 0.2) is 0 Å². The number of benzene rings is 2. The van der Waals surface area contributed by atoms with Gasteiger partial charge in [-0.2, -0.15) is 0 Å². The molecule has 0 aliphatic carbocycles. The Morgan fingerprint density at radius 1 is 1.10 bits per heavy atom. The summed E-state index contributed by atoms with van der Waals surface area (Å²) >= 11 is 0. The molecular formula is C23H28N2O4. The first-order chi connectivity index (χ1) is 14.0. The van der Waals surface area contributed by atoms with Crippen molar-refractivity contribution in [2.45, 2.75) is 25.4 Å². The van der Waals surface area contributed by atoms with Crippen LogP contribution in [-0.2, 0) is 16.1 Å². The molecule has 3 rings (SSSR count). The van der Waals surface area contributed by atoms with Crippen molar-refractivity contribution in [2.24, 2.45) is 5.92 Å². The van der Waals surface area contributed by atoms with E-state index in [2.05, 4.69) is 17.3 Å². The monoisotopic (exact) mass is 396 g/mol. The van der Waals surface area contributed by atoms with Gasteiger partial charge >= 0.3 is 11.9 Å². The smallest absolute Gasteiger partial charge is 0.335 e. The van der Waals surface area contributed by atoms with Crippen LogP contribution >= 0.6 is 0 Å². The quantitative estimate of drug-likeness (QED) is 0.668. The third-order valence-corrected chi connectivity index (χ3v) is 5.38. The zero-order chi connectivity index (χ0) is 20.6. The fourth-order valence-electron chi connectivity index (χ4n) is 3.48. The number of hydrogen-bond acceptors (Lipinski definition) is 5. The normalized spacial score (nSPS) is 16.3. The first-order valence-corrected chi connectivity index (χ1v) is 9.98. The van der Waals surface area contributed by atoms with E-state index >= 15 is 0 Å². The number of carboxylic acid groups (broad SMARTS) is 1. The van der Waals surface area contributed by atoms with Crippen LogP contribution in [-0.4, -0.2) is 48.7 Å². The van der Waals surface area contributed by atoms with Crippen LogP contribution in [0.2, 0.25) is 0 Å². The number of hydrogen-bond donors (Lipinski definition) is 2. The molecule has 1 fully saturated rings. The topological polar surface area (TPSA) is 78.9 Å². The van der Waals surface area contributed by atoms with Crippen LogP contribution in [0.1, 0.15) is 40.4 Å². The minimum Gasteiger partial charge on any atom is -0.478 e. The third-order valence-electron chi connectivity index (χ3n) is 5.38. The Morgan fingerprint density at radius 2 is 1.76 bits per heavy atom. The second kappa shape index (κ2) is 10.2. The summed E-state index contributed by atoms with van der Waals surface area (Å²) in [6, 6.07) is 15.6. The van der Waals surface area contributed by atoms with Crippen molar-refractivity contribution >= 4 is 11.9 Å². The van der Waals surface area contributed by atoms with Crippen molar-refractivity contribution < 1.29 is 19.4 Å². The molecule has 1 aliphatic rings. The van der Waals surface area contributed by atoms with Crippen molar-refractivity contribution in [1.29, 1.82) is 0 Å². The summed E-state index contributed by atoms with van der Waals surface area (Å²) in [6.07, 6.45) is 2.09. The van der Waals surface area contributed by atoms with Gasteiger partial charge in [-0.3, -0.25) is 5.32 Å². The van der Waals surface area contributed by atoms with Crippen LogP contribution in [0.25, 0.3) is 0 Å². The van der Waals surface area contributed by atoms with E-state index in [9.17, 15) is 9.59 Å². The number of piperidine rings is 1. The van der Waals surface area contributed by atoms with Gasteiger partial charge in [0.2, 0.25) is 0 Å². The SMILES string of the molecule is CN1CCC(COC(=O)C(NCc2ccc(C(=O)O)cc2)c2ccccc2)CC1. The summed E-state index contributed by atoms with van der Waals surface area (Å²) < 4.78 is 5.67. The minimum atomic E-state index is -0.954. The summed E-state index contributed by atoms with van der Waals surface area (Å²) in [6.45, 7) is 2.96. The van der Waals surface area contributed by atoms with Gasteiger partial charge in [0.25, 0.3) is 0 Å². The molecule has 2 N–H and O–H groups in total. The van der Waals surface area contributed by atoms with Crippen molar-refractivity contribution in [3.05, 3.63) is 71.3 Å². The Balaban J connectivity index is 1.61. The predicted octanol–water partition coefficient (Wildman–Crippen LogP) is 3.10. The lowest BCUT2D eigenvalue weighted by Gasteiger charge is -2.29. The van der Waals surface area contributed by atoms with Crippen LogP contribution in [0.4, 0.5) is 0 Å². The second-order valence-corrected chi connectivity index (χ2v) is 7.60. The van der Waals surface area contributed by atoms with E-state index < -0.39 is 12.0 Å². The standard InChI is InChI=1S/C23H28N2O4/c1-25-13-11-18(12-14-25)16-29-23(28)21(19-5-3-2-4-6-19)24-15-17-7-9-20(10-8-17)22(26)27/h2-10,18,21,24H,11-16H2,1H3,(H,26,27). The number of rotatable bonds is 8. The molecule has 1 saturated heterocycles. The zero-order valence-corrected chi connectivity index (χ0v) is 16.7. The molecule has 0 saturated carbocycles. The third kappa shape index (κ3) is 6.14. The van der Waals surface area contributed by atoms with Crippen LogP contribution in [0.5, 0.6) is 0 Å². The molecule has 0 amide bonds. The number of carbonyl (C=O) groups excluding carboxylic acids is 1. The molecule has 1 heterocycles. The molecule has 29 heavy (non-hydrogen) atoms. The average molecular weight is 396 g/mol. The molecule has 0 radical (unpaired) electrons. The zero-order valence-electron chi connectivity index (χ0n) is 16.7. The Kier molecular flexibility index (Phi) is 7.38. The number of aromatic carboxylic acids is 1. The van der Waals surface area contributed by atoms with Gasteiger partial charge in [-0.05, 0) is 62.2 Å². The summed E-state index contributed by atoms with van der Waals surface area (Å²) in [5.74, 6) is -0.823. The number of esters is 1. The molecule has 0 bridgehead atoms. The average Bonchev–Trinajstić information content (AvgIpc) is 2.74. The van der Waals surface area contributed by atoms with Crippen LogP contribution in [0, 0.1) is 5.92 Å². The molecule has 1 unspecified atom stereocenters. The fraction of sp³-hybridized carbons (Fsp3) is 0.391. The maximum atomic E-state index is 12.8. The van der Waals surface area contributed by atoms with Gasteiger partial charge in [0, 0.05) is 6.54 Å². The van der Waals surface area contributed by atoms with Gasteiger partial charge < -0.3 is 14.7 Å². The van der Waals surface area contributed by atoms with Gasteiger partial charge in [-0.15, -0.1) is 0 Å². The maximum Gasteiger partial charge on any atom is 0.335 e. The number of nitrogens with zero attached hydrogens (tertiary/aromatic N) is 1. The van der Waals surface area contributed by atoms with Gasteiger partial charge in [0.1, 0.15) is 6.04 Å². The summed E-state index contributed by atoms with van der Waals surface area (Å²) in [7, 11) is 2.11. The van der Waals surface area contributed by atoms with E-state index in [1.54, 1.807) is 24.3 Å². The Hall–Kier alpha value is -2.70. The first-order valence-electron chi connectivity index (χ1n) is 9.98. The van der Waals surface area contributed by atoms with Gasteiger partial charge in [0.05, 0.1) is 12.2 Å². The molecule has 1 aliphatic heterocycles. The molecule has 1 atom stereocenters. The Bertz CT molecular complexity index is 799. The molecular weight excluding hydrogens is 368 g/mol. The van der Waals surface area contributed by atoms with Crippen molar-refractivity contribution in [3.8, 4) is 0 Å². The maximum absolute atomic E-state index is 12.8. The highest BCUT2D eigenvalue weighted by Gasteiger charge is 2.24. The highest BCUT2D eigenvalue weighted by atomic mass is 16.5. The van der Waals surface area contributed by atoms with Crippen LogP contribution in [0.15, 0.2) is 54.6 Å². The largest absolute Gasteiger partial charge is 0.478 e. The molecule has 2 aromatic carbocycles. The lowest BCUT2D eigenvalue weighted by atomic mass is 9.98. The number of nitrogens with one attached hydrogen (secondary N) is 1. The Morgan fingerprint density at radius 3 is 2.38 bits per heavy atom. The predicted molar refractivity (Wildman–Crippen MR) is 111 cm³/mol. The van der Waals surface area contributed by atoms with Crippen molar-refractivity contribution in [2.75, 3.05) is 26.7 Å². The van der Waals surface area contributed by atoms with Gasteiger partial charge in [-0.1, -0.05) is 42.5 Å². The minimum absolute atomic E-state index is 0.242. The summed E-state index contributed by atoms with van der Waals surface area (Å²) in [4.78, 5) is 26.1. The highest BCUT2D eigenvalue weighted by molar-refractivity contribution is 5.87. The van der Waals surface area contributed by atoms with E-state index in [0.29, 0.717) is 19.1 Å². The van der Waals surface area contributed by atoms with E-state index in [4.69, 9.17) is 9.84 Å². The summed E-state index contributed by atoms with van der Waals surface area (Å²) in [5.41, 5.74) is 1.99. The lowest BCUT2D eigenvalue weighted by molar-refractivity contribution is -0.148. The molecule has 6 nitrogen and oxygen atoms in total. The van der Waals surface area contributed by atoms with E-state index in [1.807, 2.05) is 30.3 Å². The van der Waals surface area contributed by atoms with Crippen molar-refractivity contribution in [1.82, 2.24) is 10.2 Å². The van der Waals surface area contributed by atoms with Crippen LogP contribution in [0.3, 0.4) is 0 Å². The number of ether oxygens (including phenoxy) is 1. The Labute approximate surface area is 171 Å². The molecule has 6 heteroatoms. The lowest BCUT2D eigenvalue weighted by Crippen LogP contribution is -2.34. The highest BCUT2D eigenvalue weighted by Crippen LogP contribution is 2.20. The number of carbonyl (C=O) groups is 2. The molecule has 2 aromatic rings.